The molecule has 4 aromatic rings. The monoisotopic (exact) mass is 468 g/mol. The summed E-state index contributed by atoms with van der Waals surface area (Å²) in [5, 5.41) is 12.0. The number of pyridine rings is 1. The Morgan fingerprint density at radius 3 is 2.29 bits per heavy atom. The lowest BCUT2D eigenvalue weighted by Crippen LogP contribution is -2.10. The maximum atomic E-state index is 11.1. The molecule has 1 aromatic heterocycles. The van der Waals surface area contributed by atoms with E-state index >= 15 is 0 Å². The molecule has 0 fully saturated rings. The minimum atomic E-state index is -0.199. The van der Waals surface area contributed by atoms with Crippen LogP contribution in [0.3, 0.4) is 0 Å². The van der Waals surface area contributed by atoms with Crippen LogP contribution in [0.5, 0.6) is 11.5 Å². The lowest BCUT2D eigenvalue weighted by molar-refractivity contribution is -0.138. The van der Waals surface area contributed by atoms with Gasteiger partial charge in [-0.3, -0.25) is 4.98 Å². The predicted octanol–water partition coefficient (Wildman–Crippen LogP) is 6.19. The van der Waals surface area contributed by atoms with Crippen molar-refractivity contribution in [1.82, 2.24) is 4.98 Å². The fraction of sp³-hybridized carbons (Fsp3) is 0.172. The average molecular weight is 469 g/mol. The number of hydrogen-bond donors (Lipinski definition) is 1. The Bertz CT molecular complexity index is 1390. The zero-order chi connectivity index (χ0) is 24.9. The molecule has 6 nitrogen and oxygen atoms in total. The number of esters is 1. The first-order valence-corrected chi connectivity index (χ1v) is 11.4. The molecule has 0 aliphatic carbocycles. The molecule has 0 amide bonds. The van der Waals surface area contributed by atoms with Crippen LogP contribution >= 0.6 is 0 Å². The summed E-state index contributed by atoms with van der Waals surface area (Å²) >= 11 is 0. The van der Waals surface area contributed by atoms with Crippen molar-refractivity contribution >= 4 is 22.6 Å². The van der Waals surface area contributed by atoms with Crippen molar-refractivity contribution in [2.24, 2.45) is 0 Å². The highest BCUT2D eigenvalue weighted by atomic mass is 16.5. The maximum Gasteiger partial charge on any atom is 0.341 e. The number of phenols is 1. The van der Waals surface area contributed by atoms with E-state index < -0.39 is 0 Å². The Labute approximate surface area is 205 Å². The number of nitrogens with zero attached hydrogens (tertiary/aromatic N) is 2. The van der Waals surface area contributed by atoms with Crippen molar-refractivity contribution in [2.45, 2.75) is 13.8 Å². The minimum Gasteiger partial charge on any atom is -0.505 e. The number of carbonyl (C=O) groups excluding carboxylic acids is 1. The van der Waals surface area contributed by atoms with E-state index in [1.807, 2.05) is 63.5 Å². The first kappa shape index (κ1) is 23.8. The SMILES string of the molecule is CC1=COC1=O.CCOc1ccccc1-c1cc(-c2ccc(N(C)C)cc2)c2cccnc2c1O. The molecule has 0 atom stereocenters. The Balaban J connectivity index is 0.000000421. The Morgan fingerprint density at radius 2 is 1.69 bits per heavy atom. The number of rotatable bonds is 5. The smallest absolute Gasteiger partial charge is 0.341 e. The largest absolute Gasteiger partial charge is 0.505 e. The van der Waals surface area contributed by atoms with Gasteiger partial charge in [-0.15, -0.1) is 0 Å². The number of aromatic hydroxyl groups is 1. The van der Waals surface area contributed by atoms with Crippen molar-refractivity contribution in [2.75, 3.05) is 25.6 Å². The number of para-hydroxylation sites is 1. The van der Waals surface area contributed by atoms with E-state index in [2.05, 4.69) is 38.9 Å². The lowest BCUT2D eigenvalue weighted by Gasteiger charge is -2.17. The number of cyclic esters (lactones) is 1. The summed E-state index contributed by atoms with van der Waals surface area (Å²) in [6.45, 7) is 4.23. The predicted molar refractivity (Wildman–Crippen MR) is 140 cm³/mol. The van der Waals surface area contributed by atoms with E-state index in [0.29, 0.717) is 23.3 Å². The first-order valence-electron chi connectivity index (χ1n) is 11.4. The van der Waals surface area contributed by atoms with Gasteiger partial charge < -0.3 is 19.5 Å². The fourth-order valence-electron chi connectivity index (χ4n) is 3.81. The van der Waals surface area contributed by atoms with E-state index in [1.54, 1.807) is 13.1 Å². The molecule has 1 N–H and O–H groups in total. The Hall–Kier alpha value is -4.32. The van der Waals surface area contributed by atoms with E-state index in [9.17, 15) is 9.90 Å². The van der Waals surface area contributed by atoms with Crippen LogP contribution in [-0.2, 0) is 9.53 Å². The van der Waals surface area contributed by atoms with Crippen LogP contribution < -0.4 is 9.64 Å². The zero-order valence-electron chi connectivity index (χ0n) is 20.3. The van der Waals surface area contributed by atoms with Crippen LogP contribution in [0, 0.1) is 0 Å². The summed E-state index contributed by atoms with van der Waals surface area (Å²) < 4.78 is 10.1. The van der Waals surface area contributed by atoms with Gasteiger partial charge >= 0.3 is 5.97 Å². The normalized spacial score (nSPS) is 12.1. The van der Waals surface area contributed by atoms with Crippen LogP contribution in [0.15, 0.2) is 84.8 Å². The van der Waals surface area contributed by atoms with Crippen LogP contribution in [0.2, 0.25) is 0 Å². The molecule has 0 radical (unpaired) electrons. The number of ether oxygens (including phenoxy) is 2. The van der Waals surface area contributed by atoms with Gasteiger partial charge in [0.25, 0.3) is 0 Å². The molecule has 5 rings (SSSR count). The van der Waals surface area contributed by atoms with E-state index in [-0.39, 0.29) is 11.7 Å². The molecule has 3 aromatic carbocycles. The molecule has 6 heteroatoms. The number of hydrogen-bond acceptors (Lipinski definition) is 6. The van der Waals surface area contributed by atoms with Gasteiger partial charge in [-0.25, -0.2) is 4.79 Å². The minimum absolute atomic E-state index is 0.168. The molecule has 178 valence electrons. The lowest BCUT2D eigenvalue weighted by atomic mass is 9.93. The number of fused-ring (bicyclic) bond motifs is 1. The number of benzene rings is 3. The average Bonchev–Trinajstić information content (AvgIpc) is 2.89. The molecule has 0 bridgehead atoms. The second-order valence-corrected chi connectivity index (χ2v) is 8.30. The molecule has 0 saturated heterocycles. The van der Waals surface area contributed by atoms with Gasteiger partial charge in [-0.05, 0) is 55.3 Å². The summed E-state index contributed by atoms with van der Waals surface area (Å²) in [5.41, 5.74) is 6.09. The van der Waals surface area contributed by atoms with Gasteiger partial charge in [0.15, 0.2) is 0 Å². The molecule has 1 aliphatic heterocycles. The van der Waals surface area contributed by atoms with Crippen LogP contribution in [0.4, 0.5) is 5.69 Å². The highest BCUT2D eigenvalue weighted by molar-refractivity contribution is 6.03. The summed E-state index contributed by atoms with van der Waals surface area (Å²) in [6.07, 6.45) is 3.14. The molecule has 2 heterocycles. The molecule has 0 saturated carbocycles. The first-order chi connectivity index (χ1) is 16.9. The number of aromatic nitrogens is 1. The molecule has 0 unspecified atom stereocenters. The highest BCUT2D eigenvalue weighted by Gasteiger charge is 2.18. The van der Waals surface area contributed by atoms with E-state index in [4.69, 9.17) is 4.74 Å². The molecular formula is C29H28N2O4. The van der Waals surface area contributed by atoms with Gasteiger partial charge in [-0.2, -0.15) is 0 Å². The van der Waals surface area contributed by atoms with Crippen molar-refractivity contribution in [3.63, 3.8) is 0 Å². The second-order valence-electron chi connectivity index (χ2n) is 8.30. The van der Waals surface area contributed by atoms with Crippen molar-refractivity contribution < 1.29 is 19.4 Å². The second kappa shape index (κ2) is 10.3. The molecule has 1 aliphatic rings. The van der Waals surface area contributed by atoms with Crippen molar-refractivity contribution in [1.29, 1.82) is 0 Å². The van der Waals surface area contributed by atoms with Crippen LogP contribution in [0.25, 0.3) is 33.2 Å². The van der Waals surface area contributed by atoms with Crippen molar-refractivity contribution in [3.05, 3.63) is 84.8 Å². The Kier molecular flexibility index (Phi) is 7.01. The standard InChI is InChI=1S/C25H24N2O2.C4H4O2/c1-4-29-23-10-6-5-8-19(23)22-16-21(17-11-13-18(14-12-17)27(2)3)20-9-7-15-26-24(20)25(22)28;1-3-2-6-4(3)5/h5-16,28H,4H2,1-3H3;2H,1H3. The number of anilines is 1. The fourth-order valence-corrected chi connectivity index (χ4v) is 3.81. The number of carbonyl (C=O) groups is 1. The highest BCUT2D eigenvalue weighted by Crippen LogP contribution is 2.43. The molecule has 35 heavy (non-hydrogen) atoms. The van der Waals surface area contributed by atoms with Crippen LogP contribution in [-0.4, -0.2) is 36.8 Å². The van der Waals surface area contributed by atoms with Gasteiger partial charge in [0, 0.05) is 42.5 Å². The number of phenolic OH excluding ortho intramolecular Hbond substituents is 1. The van der Waals surface area contributed by atoms with E-state index in [1.165, 1.54) is 6.26 Å². The maximum absolute atomic E-state index is 11.1. The summed E-state index contributed by atoms with van der Waals surface area (Å²) in [6, 6.07) is 22.1. The summed E-state index contributed by atoms with van der Waals surface area (Å²) in [4.78, 5) is 16.5. The Morgan fingerprint density at radius 1 is 0.971 bits per heavy atom. The summed E-state index contributed by atoms with van der Waals surface area (Å²) in [7, 11) is 4.05. The molecular weight excluding hydrogens is 440 g/mol. The zero-order valence-corrected chi connectivity index (χ0v) is 20.3. The van der Waals surface area contributed by atoms with E-state index in [0.717, 1.165) is 33.5 Å². The topological polar surface area (TPSA) is 71.9 Å². The quantitative estimate of drug-likeness (QED) is 0.352. The van der Waals surface area contributed by atoms with Gasteiger partial charge in [-0.1, -0.05) is 36.4 Å². The third-order valence-corrected chi connectivity index (χ3v) is 5.70. The van der Waals surface area contributed by atoms with Crippen LogP contribution in [0.1, 0.15) is 13.8 Å². The third kappa shape index (κ3) is 4.96. The summed E-state index contributed by atoms with van der Waals surface area (Å²) in [5.74, 6) is 0.714. The third-order valence-electron chi connectivity index (χ3n) is 5.70. The van der Waals surface area contributed by atoms with Crippen molar-refractivity contribution in [3.8, 4) is 33.8 Å². The van der Waals surface area contributed by atoms with Gasteiger partial charge in [0.05, 0.1) is 12.2 Å². The van der Waals surface area contributed by atoms with Gasteiger partial charge in [0.2, 0.25) is 0 Å². The van der Waals surface area contributed by atoms with Gasteiger partial charge in [0.1, 0.15) is 23.3 Å². The molecule has 0 spiro atoms.